The molecule has 1 atom stereocenters. The van der Waals surface area contributed by atoms with E-state index in [1.165, 1.54) is 12.8 Å². The molecule has 1 aromatic heterocycles. The molecule has 0 aliphatic carbocycles. The molecule has 1 aromatic carbocycles. The van der Waals surface area contributed by atoms with Gasteiger partial charge < -0.3 is 9.80 Å². The molecule has 0 spiro atoms. The summed E-state index contributed by atoms with van der Waals surface area (Å²) in [6.45, 7) is 3.81. The van der Waals surface area contributed by atoms with Gasteiger partial charge in [-0.05, 0) is 67.5 Å². The summed E-state index contributed by atoms with van der Waals surface area (Å²) in [5.74, 6) is 0. The monoisotopic (exact) mass is 482 g/mol. The molecule has 3 heterocycles. The van der Waals surface area contributed by atoms with Crippen molar-refractivity contribution in [2.75, 3.05) is 38.6 Å². The van der Waals surface area contributed by atoms with Crippen molar-refractivity contribution in [3.8, 4) is 0 Å². The van der Waals surface area contributed by atoms with Gasteiger partial charge in [-0.25, -0.2) is 8.42 Å². The minimum atomic E-state index is -3.53. The molecule has 2 aliphatic heterocycles. The van der Waals surface area contributed by atoms with Crippen molar-refractivity contribution in [3.63, 3.8) is 0 Å². The molecule has 0 saturated carbocycles. The zero-order valence-electron chi connectivity index (χ0n) is 16.8. The molecule has 0 radical (unpaired) electrons. The fraction of sp³-hybridized carbons (Fsp3) is 0.579. The summed E-state index contributed by atoms with van der Waals surface area (Å²) < 4.78 is 30.5. The predicted octanol–water partition coefficient (Wildman–Crippen LogP) is 2.17. The van der Waals surface area contributed by atoms with Gasteiger partial charge in [0.15, 0.2) is 0 Å². The Labute approximate surface area is 180 Å². The molecule has 2 aromatic rings. The van der Waals surface area contributed by atoms with Gasteiger partial charge in [-0.3, -0.25) is 4.68 Å². The van der Waals surface area contributed by atoms with E-state index in [4.69, 9.17) is 0 Å². The fourth-order valence-corrected chi connectivity index (χ4v) is 6.42. The van der Waals surface area contributed by atoms with Gasteiger partial charge in [0.1, 0.15) is 0 Å². The minimum Gasteiger partial charge on any atom is -0.371 e. The molecule has 29 heavy (non-hydrogen) atoms. The number of anilines is 1. The van der Waals surface area contributed by atoms with Crippen LogP contribution in [0.15, 0.2) is 33.8 Å². The molecule has 1 unspecified atom stereocenters. The van der Waals surface area contributed by atoms with Crippen molar-refractivity contribution in [2.24, 2.45) is 0 Å². The lowest BCUT2D eigenvalue weighted by molar-refractivity contribution is 0.172. The number of aromatic nitrogens is 3. The molecule has 2 saturated heterocycles. The maximum Gasteiger partial charge on any atom is 0.243 e. The van der Waals surface area contributed by atoms with E-state index in [-0.39, 0.29) is 6.04 Å². The van der Waals surface area contributed by atoms with Gasteiger partial charge in [0.2, 0.25) is 10.0 Å². The van der Waals surface area contributed by atoms with Crippen LogP contribution in [0.3, 0.4) is 0 Å². The van der Waals surface area contributed by atoms with Crippen LogP contribution in [-0.4, -0.2) is 72.4 Å². The van der Waals surface area contributed by atoms with Gasteiger partial charge in [-0.15, -0.1) is 5.10 Å². The second kappa shape index (κ2) is 8.33. The maximum absolute atomic E-state index is 13.2. The fourth-order valence-electron chi connectivity index (χ4n) is 3.95. The highest BCUT2D eigenvalue weighted by atomic mass is 79.9. The van der Waals surface area contributed by atoms with Crippen molar-refractivity contribution >= 4 is 31.6 Å². The smallest absolute Gasteiger partial charge is 0.243 e. The van der Waals surface area contributed by atoms with Crippen molar-refractivity contribution < 1.29 is 8.42 Å². The molecule has 2 fully saturated rings. The molecule has 0 amide bonds. The van der Waals surface area contributed by atoms with Crippen LogP contribution in [0, 0.1) is 0 Å². The summed E-state index contributed by atoms with van der Waals surface area (Å²) in [6, 6.07) is 5.30. The number of hydrogen-bond acceptors (Lipinski definition) is 6. The van der Waals surface area contributed by atoms with Crippen LogP contribution in [0.1, 0.15) is 25.0 Å². The average Bonchev–Trinajstić information content (AvgIpc) is 3.29. The number of sulfonamides is 1. The first-order valence-corrected chi connectivity index (χ1v) is 12.2. The number of rotatable bonds is 7. The Bertz CT molecular complexity index is 971. The topological polar surface area (TPSA) is 74.6 Å². The van der Waals surface area contributed by atoms with Crippen LogP contribution < -0.4 is 4.90 Å². The molecular formula is C19H27BrN6O2S. The van der Waals surface area contributed by atoms with Crippen LogP contribution in [0.5, 0.6) is 0 Å². The van der Waals surface area contributed by atoms with E-state index in [2.05, 4.69) is 31.1 Å². The summed E-state index contributed by atoms with van der Waals surface area (Å²) in [5, 5.41) is 8.32. The lowest BCUT2D eigenvalue weighted by Gasteiger charge is -2.39. The first-order chi connectivity index (χ1) is 13.8. The minimum absolute atomic E-state index is 0.0917. The Kier molecular flexibility index (Phi) is 5.97. The Morgan fingerprint density at radius 2 is 1.97 bits per heavy atom. The highest BCUT2D eigenvalue weighted by molar-refractivity contribution is 9.10. The van der Waals surface area contributed by atoms with E-state index in [0.29, 0.717) is 24.5 Å². The Morgan fingerprint density at radius 3 is 2.59 bits per heavy atom. The Hall–Kier alpha value is -1.49. The molecular weight excluding hydrogens is 456 g/mol. The lowest BCUT2D eigenvalue weighted by Crippen LogP contribution is -2.52. The van der Waals surface area contributed by atoms with Crippen LogP contribution in [-0.2, 0) is 23.1 Å². The van der Waals surface area contributed by atoms with E-state index in [1.807, 2.05) is 31.3 Å². The predicted molar refractivity (Wildman–Crippen MR) is 115 cm³/mol. The maximum atomic E-state index is 13.2. The van der Waals surface area contributed by atoms with Crippen molar-refractivity contribution in [2.45, 2.75) is 43.3 Å². The van der Waals surface area contributed by atoms with Crippen molar-refractivity contribution in [1.82, 2.24) is 24.2 Å². The third-order valence-corrected chi connectivity index (χ3v) is 8.11. The van der Waals surface area contributed by atoms with Crippen LogP contribution >= 0.6 is 15.9 Å². The van der Waals surface area contributed by atoms with Gasteiger partial charge >= 0.3 is 0 Å². The highest BCUT2D eigenvalue weighted by Crippen LogP contribution is 2.34. The quantitative estimate of drug-likeness (QED) is 0.601. The largest absolute Gasteiger partial charge is 0.371 e. The second-order valence-corrected chi connectivity index (χ2v) is 10.8. The number of halogens is 1. The molecule has 2 aliphatic rings. The van der Waals surface area contributed by atoms with E-state index in [9.17, 15) is 8.42 Å². The first kappa shape index (κ1) is 20.8. The summed E-state index contributed by atoms with van der Waals surface area (Å²) in [6.07, 6.45) is 5.08. The third kappa shape index (κ3) is 4.35. The molecule has 8 nitrogen and oxygen atoms in total. The average molecular weight is 483 g/mol. The summed E-state index contributed by atoms with van der Waals surface area (Å²) >= 11 is 3.58. The van der Waals surface area contributed by atoms with Gasteiger partial charge in [0, 0.05) is 42.9 Å². The SMILES string of the molecule is CN(C)Cc1cn(CC2CCN2S(=O)(=O)c2ccc(N3CCCC3)c(Br)c2)nn1. The van der Waals surface area contributed by atoms with Gasteiger partial charge in [0.25, 0.3) is 0 Å². The number of hydrogen-bond donors (Lipinski definition) is 0. The molecule has 4 rings (SSSR count). The van der Waals surface area contributed by atoms with Gasteiger partial charge in [-0.2, -0.15) is 4.31 Å². The normalized spacial score (nSPS) is 20.4. The van der Waals surface area contributed by atoms with Gasteiger partial charge in [0.05, 0.1) is 22.8 Å². The highest BCUT2D eigenvalue weighted by Gasteiger charge is 2.39. The third-order valence-electron chi connectivity index (χ3n) is 5.52. The standard InChI is InChI=1S/C19H27BrN6O2S/c1-23(2)12-15-13-25(22-21-15)14-16-7-10-26(16)29(27,28)17-5-6-19(18(20)11-17)24-8-3-4-9-24/h5-6,11,13,16H,3-4,7-10,12,14H2,1-2H3. The zero-order chi connectivity index (χ0) is 20.6. The molecule has 0 bridgehead atoms. The molecule has 0 N–H and O–H groups in total. The van der Waals surface area contributed by atoms with E-state index in [1.54, 1.807) is 21.1 Å². The Morgan fingerprint density at radius 1 is 1.21 bits per heavy atom. The zero-order valence-corrected chi connectivity index (χ0v) is 19.2. The summed E-state index contributed by atoms with van der Waals surface area (Å²) in [7, 11) is 0.426. The molecule has 158 valence electrons. The number of nitrogens with zero attached hydrogens (tertiary/aromatic N) is 6. The van der Waals surface area contributed by atoms with Gasteiger partial charge in [-0.1, -0.05) is 5.21 Å². The summed E-state index contributed by atoms with van der Waals surface area (Å²) in [4.78, 5) is 4.66. The van der Waals surface area contributed by atoms with Crippen molar-refractivity contribution in [3.05, 3.63) is 34.6 Å². The Balaban J connectivity index is 1.47. The van der Waals surface area contributed by atoms with Crippen molar-refractivity contribution in [1.29, 1.82) is 0 Å². The first-order valence-electron chi connectivity index (χ1n) is 9.94. The van der Waals surface area contributed by atoms with Crippen LogP contribution in [0.25, 0.3) is 0 Å². The van der Waals surface area contributed by atoms with Crippen LogP contribution in [0.4, 0.5) is 5.69 Å². The lowest BCUT2D eigenvalue weighted by atomic mass is 10.1. The summed E-state index contributed by atoms with van der Waals surface area (Å²) in [5.41, 5.74) is 1.95. The molecule has 10 heteroatoms. The van der Waals surface area contributed by atoms with E-state index < -0.39 is 10.0 Å². The number of benzene rings is 1. The second-order valence-electron chi connectivity index (χ2n) is 8.04. The van der Waals surface area contributed by atoms with Crippen LogP contribution in [0.2, 0.25) is 0 Å². The van der Waals surface area contributed by atoms with E-state index >= 15 is 0 Å². The van der Waals surface area contributed by atoms with E-state index in [0.717, 1.165) is 35.4 Å².